The smallest absolute Gasteiger partial charge is 0.278 e. The maximum atomic E-state index is 12.9. The molecule has 0 atom stereocenters. The molecule has 0 unspecified atom stereocenters. The number of hydrogen-bond donors (Lipinski definition) is 1. The van der Waals surface area contributed by atoms with E-state index >= 15 is 0 Å². The number of nitrogens with zero attached hydrogens (tertiary/aromatic N) is 1. The molecule has 0 aromatic heterocycles. The van der Waals surface area contributed by atoms with E-state index in [4.69, 9.17) is 4.74 Å². The lowest BCUT2D eigenvalue weighted by Gasteiger charge is -2.14. The summed E-state index contributed by atoms with van der Waals surface area (Å²) in [4.78, 5) is 27.0. The molecule has 0 aliphatic carbocycles. The molecule has 0 bridgehead atoms. The third kappa shape index (κ3) is 4.03. The summed E-state index contributed by atoms with van der Waals surface area (Å²) in [5, 5.41) is 3.15. The van der Waals surface area contributed by atoms with Gasteiger partial charge in [-0.3, -0.25) is 14.5 Å². The average Bonchev–Trinajstić information content (AvgIpc) is 2.88. The van der Waals surface area contributed by atoms with Crippen LogP contribution in [0, 0.1) is 0 Å². The third-order valence-electron chi connectivity index (χ3n) is 4.17. The van der Waals surface area contributed by atoms with Crippen molar-refractivity contribution >= 4 is 23.1 Å². The van der Waals surface area contributed by atoms with Crippen LogP contribution < -0.4 is 10.1 Å². The fourth-order valence-electron chi connectivity index (χ4n) is 3.02. The van der Waals surface area contributed by atoms with Gasteiger partial charge >= 0.3 is 0 Å². The minimum absolute atomic E-state index is 0.0906. The van der Waals surface area contributed by atoms with E-state index in [9.17, 15) is 9.59 Å². The predicted molar refractivity (Wildman–Crippen MR) is 106 cm³/mol. The Kier molecular flexibility index (Phi) is 5.60. The molecule has 0 radical (unpaired) electrons. The zero-order valence-electron chi connectivity index (χ0n) is 15.9. The summed E-state index contributed by atoms with van der Waals surface area (Å²) in [6.45, 7) is 6.28. The highest BCUT2D eigenvalue weighted by atomic mass is 16.5. The van der Waals surface area contributed by atoms with Crippen molar-refractivity contribution in [2.24, 2.45) is 0 Å². The van der Waals surface area contributed by atoms with Gasteiger partial charge in [-0.25, -0.2) is 0 Å². The predicted octanol–water partition coefficient (Wildman–Crippen LogP) is 4.08. The zero-order valence-corrected chi connectivity index (χ0v) is 15.9. The number of rotatable bonds is 7. The van der Waals surface area contributed by atoms with Crippen molar-refractivity contribution in [3.8, 4) is 5.75 Å². The number of nitrogens with one attached hydrogen (secondary N) is 1. The molecule has 27 heavy (non-hydrogen) atoms. The molecule has 2 aromatic carbocycles. The van der Waals surface area contributed by atoms with Crippen LogP contribution in [-0.2, 0) is 9.59 Å². The molecular weight excluding hydrogens is 340 g/mol. The molecule has 0 fully saturated rings. The monoisotopic (exact) mass is 364 g/mol. The Bertz CT molecular complexity index is 855. The quantitative estimate of drug-likeness (QED) is 0.752. The van der Waals surface area contributed by atoms with Gasteiger partial charge in [-0.1, -0.05) is 37.3 Å². The maximum Gasteiger partial charge on any atom is 0.278 e. The normalized spacial score (nSPS) is 14.3. The number of ether oxygens (including phenoxy) is 1. The van der Waals surface area contributed by atoms with Gasteiger partial charge in [0.1, 0.15) is 11.4 Å². The summed E-state index contributed by atoms with van der Waals surface area (Å²) in [6.07, 6.45) is 0.807. The van der Waals surface area contributed by atoms with Gasteiger partial charge < -0.3 is 10.1 Å². The molecule has 1 N–H and O–H groups in total. The Labute approximate surface area is 159 Å². The minimum atomic E-state index is -0.289. The van der Waals surface area contributed by atoms with Gasteiger partial charge in [0.05, 0.1) is 11.7 Å². The summed E-state index contributed by atoms with van der Waals surface area (Å²) in [7, 11) is 0. The molecule has 1 aliphatic heterocycles. The van der Waals surface area contributed by atoms with E-state index in [0.717, 1.165) is 17.0 Å². The lowest BCUT2D eigenvalue weighted by molar-refractivity contribution is -0.136. The van der Waals surface area contributed by atoms with Crippen LogP contribution in [0.1, 0.15) is 32.8 Å². The van der Waals surface area contributed by atoms with Crippen molar-refractivity contribution < 1.29 is 14.3 Å². The second-order valence-electron chi connectivity index (χ2n) is 6.69. The van der Waals surface area contributed by atoms with Gasteiger partial charge in [-0.2, -0.15) is 0 Å². The van der Waals surface area contributed by atoms with Crippen LogP contribution >= 0.6 is 0 Å². The van der Waals surface area contributed by atoms with Gasteiger partial charge in [-0.05, 0) is 50.1 Å². The highest BCUT2D eigenvalue weighted by molar-refractivity contribution is 6.36. The van der Waals surface area contributed by atoms with E-state index < -0.39 is 0 Å². The Morgan fingerprint density at radius 2 is 1.63 bits per heavy atom. The molecule has 0 saturated carbocycles. The summed E-state index contributed by atoms with van der Waals surface area (Å²) >= 11 is 0. The fraction of sp³-hybridized carbons (Fsp3) is 0.273. The van der Waals surface area contributed by atoms with Gasteiger partial charge in [0.25, 0.3) is 11.8 Å². The van der Waals surface area contributed by atoms with Crippen LogP contribution in [-0.4, -0.2) is 29.4 Å². The van der Waals surface area contributed by atoms with Crippen molar-refractivity contribution in [3.05, 3.63) is 65.9 Å². The van der Waals surface area contributed by atoms with Crippen LogP contribution in [0.25, 0.3) is 5.57 Å². The molecule has 3 rings (SSSR count). The van der Waals surface area contributed by atoms with Gasteiger partial charge in [0.15, 0.2) is 0 Å². The number of amides is 2. The maximum absolute atomic E-state index is 12.9. The molecule has 2 aromatic rings. The third-order valence-corrected chi connectivity index (χ3v) is 4.17. The first-order chi connectivity index (χ1) is 13.0. The second-order valence-corrected chi connectivity index (χ2v) is 6.69. The Hall–Kier alpha value is -3.08. The number of carbonyl (C=O) groups excluding carboxylic acids is 2. The molecule has 5 nitrogen and oxygen atoms in total. The van der Waals surface area contributed by atoms with Gasteiger partial charge in [0.2, 0.25) is 0 Å². The molecule has 0 spiro atoms. The highest BCUT2D eigenvalue weighted by Crippen LogP contribution is 2.31. The molecule has 1 heterocycles. The lowest BCUT2D eigenvalue weighted by Crippen LogP contribution is -2.33. The Balaban J connectivity index is 1.94. The van der Waals surface area contributed by atoms with E-state index in [-0.39, 0.29) is 17.9 Å². The van der Waals surface area contributed by atoms with Crippen LogP contribution in [0.15, 0.2) is 60.3 Å². The summed E-state index contributed by atoms with van der Waals surface area (Å²) < 4.78 is 5.65. The number of hydrogen-bond acceptors (Lipinski definition) is 4. The van der Waals surface area contributed by atoms with Gasteiger partial charge in [-0.15, -0.1) is 0 Å². The molecule has 1 aliphatic rings. The van der Waals surface area contributed by atoms with Crippen molar-refractivity contribution in [1.82, 2.24) is 4.90 Å². The first-order valence-corrected chi connectivity index (χ1v) is 9.21. The molecule has 5 heteroatoms. The van der Waals surface area contributed by atoms with E-state index in [1.54, 1.807) is 0 Å². The molecule has 140 valence electrons. The van der Waals surface area contributed by atoms with Crippen molar-refractivity contribution in [2.45, 2.75) is 33.3 Å². The Morgan fingerprint density at radius 1 is 0.963 bits per heavy atom. The van der Waals surface area contributed by atoms with E-state index in [1.807, 2.05) is 75.4 Å². The van der Waals surface area contributed by atoms with Crippen LogP contribution in [0.3, 0.4) is 0 Å². The highest BCUT2D eigenvalue weighted by Gasteiger charge is 2.38. The first kappa shape index (κ1) is 18.7. The summed E-state index contributed by atoms with van der Waals surface area (Å²) in [5.41, 5.74) is 2.19. The summed E-state index contributed by atoms with van der Waals surface area (Å²) in [5.74, 6) is 0.216. The van der Waals surface area contributed by atoms with E-state index in [0.29, 0.717) is 24.2 Å². The van der Waals surface area contributed by atoms with Gasteiger partial charge in [0, 0.05) is 12.2 Å². The second kappa shape index (κ2) is 8.08. The van der Waals surface area contributed by atoms with Crippen molar-refractivity contribution in [2.75, 3.05) is 11.9 Å². The largest absolute Gasteiger partial charge is 0.491 e. The minimum Gasteiger partial charge on any atom is -0.491 e. The lowest BCUT2D eigenvalue weighted by atomic mass is 10.0. The van der Waals surface area contributed by atoms with Crippen molar-refractivity contribution in [3.63, 3.8) is 0 Å². The van der Waals surface area contributed by atoms with Crippen molar-refractivity contribution in [1.29, 1.82) is 0 Å². The van der Waals surface area contributed by atoms with Crippen LogP contribution in [0.2, 0.25) is 0 Å². The number of anilines is 1. The standard InChI is InChI=1S/C22H24N2O3/c1-4-14-24-21(25)19(16-8-6-5-7-9-16)20(22(24)26)23-17-10-12-18(13-11-17)27-15(2)3/h5-13,15,23H,4,14H2,1-3H3. The first-order valence-electron chi connectivity index (χ1n) is 9.21. The topological polar surface area (TPSA) is 58.6 Å². The molecule has 2 amide bonds. The number of imide groups is 1. The number of carbonyl (C=O) groups is 2. The van der Waals surface area contributed by atoms with E-state index in [2.05, 4.69) is 5.32 Å². The average molecular weight is 364 g/mol. The van der Waals surface area contributed by atoms with E-state index in [1.165, 1.54) is 4.90 Å². The molecular formula is C22H24N2O3. The SMILES string of the molecule is CCCN1C(=O)C(Nc2ccc(OC(C)C)cc2)=C(c2ccccc2)C1=O. The fourth-order valence-corrected chi connectivity index (χ4v) is 3.02. The number of benzene rings is 2. The zero-order chi connectivity index (χ0) is 19.4. The molecule has 0 saturated heterocycles. The van der Waals surface area contributed by atoms with Crippen LogP contribution in [0.5, 0.6) is 5.75 Å². The summed E-state index contributed by atoms with van der Waals surface area (Å²) in [6, 6.07) is 16.7. The van der Waals surface area contributed by atoms with Crippen LogP contribution in [0.4, 0.5) is 5.69 Å². The Morgan fingerprint density at radius 3 is 2.22 bits per heavy atom.